The Morgan fingerprint density at radius 3 is 2.89 bits per heavy atom. The first kappa shape index (κ1) is 13.1. The molecule has 0 bridgehead atoms. The van der Waals surface area contributed by atoms with Gasteiger partial charge in [-0.1, -0.05) is 25.0 Å². The van der Waals surface area contributed by atoms with Crippen LogP contribution in [0.2, 0.25) is 0 Å². The third kappa shape index (κ3) is 3.09. The number of aliphatic hydroxyl groups excluding tert-OH is 1. The molecule has 0 aromatic heterocycles. The Kier molecular flexibility index (Phi) is 4.33. The molecule has 1 amide bonds. The highest BCUT2D eigenvalue weighted by Gasteiger charge is 2.24. The van der Waals surface area contributed by atoms with E-state index >= 15 is 0 Å². The van der Waals surface area contributed by atoms with Crippen molar-refractivity contribution in [3.8, 4) is 0 Å². The maximum atomic E-state index is 12.1. The molecule has 2 atom stereocenters. The predicted molar refractivity (Wildman–Crippen MR) is 70.1 cm³/mol. The van der Waals surface area contributed by atoms with E-state index in [1.165, 1.54) is 0 Å². The molecule has 18 heavy (non-hydrogen) atoms. The molecular formula is C14H20N2O2. The first-order chi connectivity index (χ1) is 8.70. The Balaban J connectivity index is 2.02. The molecule has 1 aromatic rings. The Morgan fingerprint density at radius 1 is 1.39 bits per heavy atom. The number of carbonyl (C=O) groups is 1. The van der Waals surface area contributed by atoms with Gasteiger partial charge in [0.2, 0.25) is 0 Å². The van der Waals surface area contributed by atoms with Crippen LogP contribution in [-0.4, -0.2) is 23.2 Å². The zero-order valence-corrected chi connectivity index (χ0v) is 10.4. The molecular weight excluding hydrogens is 228 g/mol. The van der Waals surface area contributed by atoms with Gasteiger partial charge in [-0.2, -0.15) is 0 Å². The van der Waals surface area contributed by atoms with Gasteiger partial charge in [-0.05, 0) is 30.5 Å². The van der Waals surface area contributed by atoms with Crippen molar-refractivity contribution in [3.05, 3.63) is 35.4 Å². The van der Waals surface area contributed by atoms with Gasteiger partial charge in [0.25, 0.3) is 5.91 Å². The van der Waals surface area contributed by atoms with E-state index in [4.69, 9.17) is 5.73 Å². The Labute approximate surface area is 107 Å². The van der Waals surface area contributed by atoms with E-state index in [0.717, 1.165) is 31.2 Å². The maximum Gasteiger partial charge on any atom is 0.251 e. The van der Waals surface area contributed by atoms with Crippen LogP contribution < -0.4 is 11.1 Å². The number of nitrogens with two attached hydrogens (primary N) is 1. The summed E-state index contributed by atoms with van der Waals surface area (Å²) in [5.74, 6) is -0.128. The van der Waals surface area contributed by atoms with Crippen LogP contribution in [-0.2, 0) is 6.54 Å². The van der Waals surface area contributed by atoms with E-state index in [9.17, 15) is 9.90 Å². The van der Waals surface area contributed by atoms with Crippen molar-refractivity contribution in [2.24, 2.45) is 5.73 Å². The van der Waals surface area contributed by atoms with Crippen LogP contribution >= 0.6 is 0 Å². The minimum atomic E-state index is -0.416. The predicted octanol–water partition coefficient (Wildman–Crippen LogP) is 1.18. The summed E-state index contributed by atoms with van der Waals surface area (Å²) in [4.78, 5) is 12.1. The van der Waals surface area contributed by atoms with Gasteiger partial charge >= 0.3 is 0 Å². The average molecular weight is 248 g/mol. The molecule has 0 saturated heterocycles. The number of carbonyl (C=O) groups excluding carboxylic acids is 1. The first-order valence-corrected chi connectivity index (χ1v) is 6.48. The van der Waals surface area contributed by atoms with Gasteiger partial charge in [-0.15, -0.1) is 0 Å². The lowest BCUT2D eigenvalue weighted by atomic mass is 9.92. The van der Waals surface area contributed by atoms with Crippen molar-refractivity contribution in [1.82, 2.24) is 5.32 Å². The zero-order chi connectivity index (χ0) is 13.0. The van der Waals surface area contributed by atoms with Gasteiger partial charge in [-0.3, -0.25) is 4.79 Å². The minimum Gasteiger partial charge on any atom is -0.391 e. The first-order valence-electron chi connectivity index (χ1n) is 6.48. The monoisotopic (exact) mass is 248 g/mol. The van der Waals surface area contributed by atoms with E-state index in [0.29, 0.717) is 12.1 Å². The molecule has 0 spiro atoms. The number of aliphatic hydroxyl groups is 1. The van der Waals surface area contributed by atoms with E-state index in [-0.39, 0.29) is 11.9 Å². The fourth-order valence-electron chi connectivity index (χ4n) is 2.37. The molecule has 1 aliphatic carbocycles. The van der Waals surface area contributed by atoms with Crippen molar-refractivity contribution in [3.63, 3.8) is 0 Å². The zero-order valence-electron chi connectivity index (χ0n) is 10.4. The summed E-state index contributed by atoms with van der Waals surface area (Å²) in [5.41, 5.74) is 7.10. The van der Waals surface area contributed by atoms with E-state index in [2.05, 4.69) is 5.32 Å². The van der Waals surface area contributed by atoms with Crippen LogP contribution in [0, 0.1) is 0 Å². The second kappa shape index (κ2) is 5.98. The summed E-state index contributed by atoms with van der Waals surface area (Å²) in [6, 6.07) is 7.17. The Morgan fingerprint density at radius 2 is 2.17 bits per heavy atom. The second-order valence-corrected chi connectivity index (χ2v) is 4.84. The molecule has 0 aliphatic heterocycles. The third-order valence-corrected chi connectivity index (χ3v) is 3.47. The highest BCUT2D eigenvalue weighted by Crippen LogP contribution is 2.18. The summed E-state index contributed by atoms with van der Waals surface area (Å²) in [6.07, 6.45) is 3.30. The van der Waals surface area contributed by atoms with E-state index < -0.39 is 6.10 Å². The van der Waals surface area contributed by atoms with Gasteiger partial charge in [0.05, 0.1) is 12.1 Å². The van der Waals surface area contributed by atoms with Crippen molar-refractivity contribution in [1.29, 1.82) is 0 Å². The molecule has 4 heteroatoms. The van der Waals surface area contributed by atoms with Crippen molar-refractivity contribution in [2.45, 2.75) is 44.4 Å². The maximum absolute atomic E-state index is 12.1. The molecule has 1 aromatic carbocycles. The van der Waals surface area contributed by atoms with Crippen LogP contribution in [0.15, 0.2) is 24.3 Å². The summed E-state index contributed by atoms with van der Waals surface area (Å²) >= 11 is 0. The van der Waals surface area contributed by atoms with Crippen molar-refractivity contribution >= 4 is 5.91 Å². The lowest BCUT2D eigenvalue weighted by Crippen LogP contribution is -2.45. The lowest BCUT2D eigenvalue weighted by molar-refractivity contribution is 0.0717. The van der Waals surface area contributed by atoms with E-state index in [1.54, 1.807) is 12.1 Å². The largest absolute Gasteiger partial charge is 0.391 e. The molecule has 1 saturated carbocycles. The normalized spacial score (nSPS) is 23.7. The smallest absolute Gasteiger partial charge is 0.251 e. The summed E-state index contributed by atoms with van der Waals surface area (Å²) in [7, 11) is 0. The second-order valence-electron chi connectivity index (χ2n) is 4.84. The summed E-state index contributed by atoms with van der Waals surface area (Å²) in [6.45, 7) is 0.424. The van der Waals surface area contributed by atoms with Gasteiger partial charge in [-0.25, -0.2) is 0 Å². The summed E-state index contributed by atoms with van der Waals surface area (Å²) < 4.78 is 0. The molecule has 1 fully saturated rings. The molecule has 4 N–H and O–H groups in total. The fraction of sp³-hybridized carbons (Fsp3) is 0.500. The van der Waals surface area contributed by atoms with Crippen LogP contribution in [0.1, 0.15) is 41.6 Å². The van der Waals surface area contributed by atoms with E-state index in [1.807, 2.05) is 12.1 Å². The SMILES string of the molecule is NCc1cccc(C(=O)N[C@@H]2CCCC[C@H]2O)c1. The number of hydrogen-bond acceptors (Lipinski definition) is 3. The van der Waals surface area contributed by atoms with Crippen LogP contribution in [0.3, 0.4) is 0 Å². The van der Waals surface area contributed by atoms with Crippen LogP contribution in [0.4, 0.5) is 0 Å². The minimum absolute atomic E-state index is 0.118. The average Bonchev–Trinajstić information content (AvgIpc) is 2.41. The quantitative estimate of drug-likeness (QED) is 0.752. The molecule has 1 aliphatic rings. The third-order valence-electron chi connectivity index (χ3n) is 3.47. The number of benzene rings is 1. The number of nitrogens with one attached hydrogen (secondary N) is 1. The highest BCUT2D eigenvalue weighted by molar-refractivity contribution is 5.94. The molecule has 98 valence electrons. The van der Waals surface area contributed by atoms with Gasteiger partial charge < -0.3 is 16.2 Å². The van der Waals surface area contributed by atoms with Gasteiger partial charge in [0.15, 0.2) is 0 Å². The molecule has 0 unspecified atom stereocenters. The molecule has 0 heterocycles. The van der Waals surface area contributed by atoms with Crippen LogP contribution in [0.5, 0.6) is 0 Å². The fourth-order valence-corrected chi connectivity index (χ4v) is 2.37. The molecule has 2 rings (SSSR count). The van der Waals surface area contributed by atoms with Gasteiger partial charge in [0.1, 0.15) is 0 Å². The van der Waals surface area contributed by atoms with Crippen molar-refractivity contribution in [2.75, 3.05) is 0 Å². The van der Waals surface area contributed by atoms with Crippen LogP contribution in [0.25, 0.3) is 0 Å². The highest BCUT2D eigenvalue weighted by atomic mass is 16.3. The number of rotatable bonds is 3. The Bertz CT molecular complexity index is 420. The molecule has 4 nitrogen and oxygen atoms in total. The molecule has 0 radical (unpaired) electrons. The number of amides is 1. The Hall–Kier alpha value is -1.39. The lowest BCUT2D eigenvalue weighted by Gasteiger charge is -2.28. The van der Waals surface area contributed by atoms with Crippen molar-refractivity contribution < 1.29 is 9.90 Å². The van der Waals surface area contributed by atoms with Gasteiger partial charge in [0, 0.05) is 12.1 Å². The standard InChI is InChI=1S/C14H20N2O2/c15-9-10-4-3-5-11(8-10)14(18)16-12-6-1-2-7-13(12)17/h3-5,8,12-13,17H,1-2,6-7,9,15H2,(H,16,18)/t12-,13-/m1/s1. The number of hydrogen-bond donors (Lipinski definition) is 3. The summed E-state index contributed by atoms with van der Waals surface area (Å²) in [5, 5.41) is 12.7. The topological polar surface area (TPSA) is 75.4 Å².